The molecule has 0 radical (unpaired) electrons. The van der Waals surface area contributed by atoms with E-state index >= 15 is 0 Å². The second-order valence-electron chi connectivity index (χ2n) is 8.07. The van der Waals surface area contributed by atoms with Crippen LogP contribution in [0.25, 0.3) is 11.1 Å². The van der Waals surface area contributed by atoms with Gasteiger partial charge in [0.1, 0.15) is 17.1 Å². The number of oxazole rings is 1. The van der Waals surface area contributed by atoms with Gasteiger partial charge in [0.2, 0.25) is 5.89 Å². The lowest BCUT2D eigenvalue weighted by molar-refractivity contribution is -0.152. The summed E-state index contributed by atoms with van der Waals surface area (Å²) < 4.78 is 24.3. The normalized spacial score (nSPS) is 25.3. The van der Waals surface area contributed by atoms with E-state index in [9.17, 15) is 14.3 Å². The van der Waals surface area contributed by atoms with Crippen LogP contribution in [0.15, 0.2) is 46.9 Å². The summed E-state index contributed by atoms with van der Waals surface area (Å²) in [5, 5.41) is 16.6. The molecule has 9 heteroatoms. The Kier molecular flexibility index (Phi) is 4.46. The first-order chi connectivity index (χ1) is 14.4. The van der Waals surface area contributed by atoms with Gasteiger partial charge in [-0.05, 0) is 43.5 Å². The molecule has 3 aliphatic rings. The Balaban J connectivity index is 1.11. The van der Waals surface area contributed by atoms with Crippen molar-refractivity contribution in [1.82, 2.24) is 15.6 Å². The maximum atomic E-state index is 13.4. The fourth-order valence-corrected chi connectivity index (χ4v) is 4.60. The minimum atomic E-state index is -1.02. The van der Waals surface area contributed by atoms with Gasteiger partial charge in [-0.15, -0.1) is 0 Å². The molecule has 2 bridgehead atoms. The standard InChI is InChI=1S/C21H19ClFN3O4/c22-13-6-5-12(7-14(13)23)29-8-17(27)25-20-9-21(10-20,11-20)26-18(28)19-24-15-3-1-2-4-16(15)30-19/h1-7,18,26,28H,8-11H2,(H,25,27). The third kappa shape index (κ3) is 3.40. The van der Waals surface area contributed by atoms with Crippen LogP contribution >= 0.6 is 11.6 Å². The van der Waals surface area contributed by atoms with E-state index in [1.54, 1.807) is 6.07 Å². The number of hydrogen-bond acceptors (Lipinski definition) is 6. The molecule has 3 aliphatic carbocycles. The Bertz CT molecular complexity index is 1080. The van der Waals surface area contributed by atoms with E-state index in [0.717, 1.165) is 6.07 Å². The second-order valence-corrected chi connectivity index (χ2v) is 8.48. The molecular formula is C21H19ClFN3O4. The maximum absolute atomic E-state index is 13.4. The number of halogens is 2. The molecule has 2 aromatic carbocycles. The zero-order valence-electron chi connectivity index (χ0n) is 15.8. The molecule has 3 saturated carbocycles. The summed E-state index contributed by atoms with van der Waals surface area (Å²) in [6.07, 6.45) is 1.06. The number of carbonyl (C=O) groups excluding carboxylic acids is 1. The summed E-state index contributed by atoms with van der Waals surface area (Å²) in [5.74, 6) is -0.412. The molecule has 1 atom stereocenters. The molecule has 1 aromatic heterocycles. The number of hydrogen-bond donors (Lipinski definition) is 3. The van der Waals surface area contributed by atoms with E-state index in [4.69, 9.17) is 20.8 Å². The molecule has 3 N–H and O–H groups in total. The van der Waals surface area contributed by atoms with Crippen molar-refractivity contribution in [2.75, 3.05) is 6.61 Å². The smallest absolute Gasteiger partial charge is 0.258 e. The van der Waals surface area contributed by atoms with Crippen LogP contribution in [0.1, 0.15) is 31.4 Å². The summed E-state index contributed by atoms with van der Waals surface area (Å²) >= 11 is 5.63. The van der Waals surface area contributed by atoms with Crippen LogP contribution in [-0.4, -0.2) is 33.7 Å². The SMILES string of the molecule is O=C(COc1ccc(Cl)c(F)c1)NC12CC(NC(O)c3nc4ccccc4o3)(C1)C2. The molecule has 156 valence electrons. The lowest BCUT2D eigenvalue weighted by atomic mass is 9.44. The number of aliphatic hydroxyl groups excluding tert-OH is 1. The second kappa shape index (κ2) is 6.94. The largest absolute Gasteiger partial charge is 0.484 e. The zero-order valence-corrected chi connectivity index (χ0v) is 16.6. The van der Waals surface area contributed by atoms with Crippen molar-refractivity contribution in [3.8, 4) is 5.75 Å². The summed E-state index contributed by atoms with van der Waals surface area (Å²) in [6, 6.07) is 11.3. The molecule has 3 aromatic rings. The summed E-state index contributed by atoms with van der Waals surface area (Å²) in [5.41, 5.74) is 0.776. The highest BCUT2D eigenvalue weighted by Crippen LogP contribution is 2.60. The minimum Gasteiger partial charge on any atom is -0.484 e. The maximum Gasteiger partial charge on any atom is 0.258 e. The van der Waals surface area contributed by atoms with Gasteiger partial charge in [-0.3, -0.25) is 10.1 Å². The molecule has 0 saturated heterocycles. The fraction of sp³-hybridized carbons (Fsp3) is 0.333. The van der Waals surface area contributed by atoms with Crippen molar-refractivity contribution in [2.24, 2.45) is 0 Å². The molecule has 0 spiro atoms. The molecule has 1 amide bonds. The predicted octanol–water partition coefficient (Wildman–Crippen LogP) is 3.07. The highest BCUT2D eigenvalue weighted by Gasteiger charge is 2.69. The first-order valence-electron chi connectivity index (χ1n) is 9.56. The highest BCUT2D eigenvalue weighted by atomic mass is 35.5. The van der Waals surface area contributed by atoms with Gasteiger partial charge in [-0.2, -0.15) is 0 Å². The van der Waals surface area contributed by atoms with E-state index in [2.05, 4.69) is 15.6 Å². The molecule has 6 rings (SSSR count). The van der Waals surface area contributed by atoms with Crippen molar-refractivity contribution < 1.29 is 23.4 Å². The van der Waals surface area contributed by atoms with E-state index in [0.29, 0.717) is 30.4 Å². The molecule has 1 heterocycles. The number of ether oxygens (including phenoxy) is 1. The fourth-order valence-electron chi connectivity index (χ4n) is 4.48. The topological polar surface area (TPSA) is 96.6 Å². The van der Waals surface area contributed by atoms with Crippen LogP contribution in [0.4, 0.5) is 4.39 Å². The Hall–Kier alpha value is -2.68. The quantitative estimate of drug-likeness (QED) is 0.497. The van der Waals surface area contributed by atoms with E-state index in [1.165, 1.54) is 12.1 Å². The van der Waals surface area contributed by atoms with Gasteiger partial charge in [0.15, 0.2) is 18.4 Å². The number of benzene rings is 2. The molecule has 7 nitrogen and oxygen atoms in total. The number of amides is 1. The highest BCUT2D eigenvalue weighted by molar-refractivity contribution is 6.30. The monoisotopic (exact) mass is 431 g/mol. The van der Waals surface area contributed by atoms with Gasteiger partial charge in [-0.25, -0.2) is 9.37 Å². The molecule has 30 heavy (non-hydrogen) atoms. The Labute approximate surface area is 176 Å². The minimum absolute atomic E-state index is 0.00139. The Morgan fingerprint density at radius 3 is 2.77 bits per heavy atom. The average Bonchev–Trinajstić information content (AvgIpc) is 3.10. The number of nitrogens with one attached hydrogen (secondary N) is 2. The van der Waals surface area contributed by atoms with Gasteiger partial charge in [0.05, 0.1) is 5.02 Å². The van der Waals surface area contributed by atoms with Crippen LogP contribution in [0.3, 0.4) is 0 Å². The summed E-state index contributed by atoms with van der Waals surface area (Å²) in [4.78, 5) is 16.5. The van der Waals surface area contributed by atoms with Gasteiger partial charge < -0.3 is 19.6 Å². The summed E-state index contributed by atoms with van der Waals surface area (Å²) in [7, 11) is 0. The average molecular weight is 432 g/mol. The van der Waals surface area contributed by atoms with Crippen LogP contribution in [0.2, 0.25) is 5.02 Å². The third-order valence-corrected chi connectivity index (χ3v) is 5.99. The summed E-state index contributed by atoms with van der Waals surface area (Å²) in [6.45, 7) is -0.214. The number of aliphatic hydroxyl groups is 1. The molecule has 0 aliphatic heterocycles. The van der Waals surface area contributed by atoms with Crippen LogP contribution < -0.4 is 15.4 Å². The van der Waals surface area contributed by atoms with Gasteiger partial charge in [-0.1, -0.05) is 23.7 Å². The number of rotatable bonds is 7. The van der Waals surface area contributed by atoms with Crippen molar-refractivity contribution >= 4 is 28.6 Å². The van der Waals surface area contributed by atoms with Crippen molar-refractivity contribution in [3.63, 3.8) is 0 Å². The first kappa shape index (κ1) is 19.3. The molecular weight excluding hydrogens is 413 g/mol. The molecule has 1 unspecified atom stereocenters. The van der Waals surface area contributed by atoms with Gasteiger partial charge in [0.25, 0.3) is 5.91 Å². The van der Waals surface area contributed by atoms with Crippen molar-refractivity contribution in [2.45, 2.75) is 36.6 Å². The number of nitrogens with zero attached hydrogens (tertiary/aromatic N) is 1. The van der Waals surface area contributed by atoms with Crippen molar-refractivity contribution in [1.29, 1.82) is 0 Å². The first-order valence-corrected chi connectivity index (χ1v) is 9.93. The van der Waals surface area contributed by atoms with E-state index in [1.807, 2.05) is 18.2 Å². The number of carbonyl (C=O) groups is 1. The number of para-hydroxylation sites is 2. The lowest BCUT2D eigenvalue weighted by Gasteiger charge is -2.70. The Morgan fingerprint density at radius 1 is 1.27 bits per heavy atom. The van der Waals surface area contributed by atoms with E-state index in [-0.39, 0.29) is 40.3 Å². The van der Waals surface area contributed by atoms with E-state index < -0.39 is 12.0 Å². The van der Waals surface area contributed by atoms with Crippen LogP contribution in [0.5, 0.6) is 5.75 Å². The number of fused-ring (bicyclic) bond motifs is 1. The van der Waals surface area contributed by atoms with Crippen LogP contribution in [0, 0.1) is 5.82 Å². The predicted molar refractivity (Wildman–Crippen MR) is 106 cm³/mol. The van der Waals surface area contributed by atoms with Crippen LogP contribution in [-0.2, 0) is 4.79 Å². The van der Waals surface area contributed by atoms with Crippen molar-refractivity contribution in [3.05, 3.63) is 59.2 Å². The number of aromatic nitrogens is 1. The van der Waals surface area contributed by atoms with Gasteiger partial charge >= 0.3 is 0 Å². The molecule has 3 fully saturated rings. The lowest BCUT2D eigenvalue weighted by Crippen LogP contribution is -2.83. The van der Waals surface area contributed by atoms with Gasteiger partial charge in [0, 0.05) is 17.1 Å². The zero-order chi connectivity index (χ0) is 20.9. The Morgan fingerprint density at radius 2 is 2.03 bits per heavy atom. The third-order valence-electron chi connectivity index (χ3n) is 5.68.